The molecule has 2 aromatic heterocycles. The molecule has 0 aromatic carbocycles. The van der Waals surface area contributed by atoms with Crippen LogP contribution in [-0.4, -0.2) is 27.1 Å². The lowest BCUT2D eigenvalue weighted by molar-refractivity contribution is 0.313. The van der Waals surface area contributed by atoms with Crippen LogP contribution in [-0.2, 0) is 13.1 Å². The van der Waals surface area contributed by atoms with Crippen molar-refractivity contribution in [1.29, 1.82) is 0 Å². The maximum atomic E-state index is 4.55. The molecule has 18 heavy (non-hydrogen) atoms. The third-order valence-electron chi connectivity index (χ3n) is 2.56. The van der Waals surface area contributed by atoms with Gasteiger partial charge in [-0.25, -0.2) is 0 Å². The summed E-state index contributed by atoms with van der Waals surface area (Å²) in [5, 5.41) is 10.2. The molecule has 4 nitrogen and oxygen atoms in total. The summed E-state index contributed by atoms with van der Waals surface area (Å²) in [5.41, 5.74) is 3.44. The number of aryl methyl sites for hydroxylation is 3. The molecule has 2 heterocycles. The topological polar surface area (TPSA) is 41.9 Å². The van der Waals surface area contributed by atoms with Crippen LogP contribution >= 0.6 is 11.3 Å². The summed E-state index contributed by atoms with van der Waals surface area (Å²) >= 11 is 1.65. The van der Waals surface area contributed by atoms with Crippen molar-refractivity contribution >= 4 is 11.3 Å². The van der Waals surface area contributed by atoms with Crippen molar-refractivity contribution in [2.75, 3.05) is 7.05 Å². The van der Waals surface area contributed by atoms with Crippen molar-refractivity contribution in [3.05, 3.63) is 39.1 Å². The molecule has 96 valence electrons. The van der Waals surface area contributed by atoms with Gasteiger partial charge in [0.15, 0.2) is 0 Å². The molecule has 5 heteroatoms. The van der Waals surface area contributed by atoms with Crippen LogP contribution in [0.2, 0.25) is 0 Å². The Bertz CT molecular complexity index is 515. The molecular weight excluding hydrogens is 244 g/mol. The summed E-state index contributed by atoms with van der Waals surface area (Å²) in [6.07, 6.45) is 0. The van der Waals surface area contributed by atoms with E-state index in [-0.39, 0.29) is 0 Å². The first kappa shape index (κ1) is 13.1. The highest BCUT2D eigenvalue weighted by atomic mass is 32.1. The van der Waals surface area contributed by atoms with Crippen LogP contribution in [0, 0.1) is 20.8 Å². The molecule has 0 radical (unpaired) electrons. The van der Waals surface area contributed by atoms with Gasteiger partial charge in [-0.3, -0.25) is 9.88 Å². The number of hydrogen-bond acceptors (Lipinski definition) is 5. The molecule has 0 amide bonds. The van der Waals surface area contributed by atoms with Crippen LogP contribution in [0.3, 0.4) is 0 Å². The predicted molar refractivity (Wildman–Crippen MR) is 73.5 cm³/mol. The van der Waals surface area contributed by atoms with Gasteiger partial charge in [-0.2, -0.15) is 0 Å². The first-order valence-corrected chi connectivity index (χ1v) is 6.76. The Morgan fingerprint density at radius 3 is 2.50 bits per heavy atom. The largest absolute Gasteiger partial charge is 0.294 e. The minimum absolute atomic E-state index is 0.820. The molecule has 0 fully saturated rings. The molecule has 0 aliphatic rings. The standard InChI is InChI=1S/C13H18N4S/c1-9-5-10(2)14-12(6-9)7-17(4)8-13-16-15-11(3)18-13/h5-6H,7-8H2,1-4H3. The maximum Gasteiger partial charge on any atom is 0.131 e. The fraction of sp³-hybridized carbons (Fsp3) is 0.462. The molecule has 0 N–H and O–H groups in total. The van der Waals surface area contributed by atoms with Crippen molar-refractivity contribution in [2.45, 2.75) is 33.9 Å². The van der Waals surface area contributed by atoms with E-state index in [1.165, 1.54) is 5.56 Å². The molecule has 0 atom stereocenters. The van der Waals surface area contributed by atoms with E-state index >= 15 is 0 Å². The van der Waals surface area contributed by atoms with E-state index in [2.05, 4.69) is 46.2 Å². The van der Waals surface area contributed by atoms with Crippen LogP contribution in [0.1, 0.15) is 27.0 Å². The molecule has 0 bridgehead atoms. The van der Waals surface area contributed by atoms with Gasteiger partial charge in [-0.15, -0.1) is 21.5 Å². The first-order valence-electron chi connectivity index (χ1n) is 5.94. The van der Waals surface area contributed by atoms with Gasteiger partial charge in [0.2, 0.25) is 0 Å². The monoisotopic (exact) mass is 262 g/mol. The summed E-state index contributed by atoms with van der Waals surface area (Å²) < 4.78 is 0. The minimum atomic E-state index is 0.820. The van der Waals surface area contributed by atoms with E-state index in [1.807, 2.05) is 13.8 Å². The van der Waals surface area contributed by atoms with Crippen LogP contribution < -0.4 is 0 Å². The first-order chi connectivity index (χ1) is 8.52. The predicted octanol–water partition coefficient (Wildman–Crippen LogP) is 2.49. The lowest BCUT2D eigenvalue weighted by atomic mass is 10.2. The normalized spacial score (nSPS) is 11.2. The SMILES string of the molecule is Cc1cc(C)nc(CN(C)Cc2nnc(C)s2)c1. The van der Waals surface area contributed by atoms with Crippen LogP contribution in [0.5, 0.6) is 0 Å². The van der Waals surface area contributed by atoms with Gasteiger partial charge in [-0.1, -0.05) is 0 Å². The molecule has 0 saturated carbocycles. The zero-order valence-electron chi connectivity index (χ0n) is 11.3. The Morgan fingerprint density at radius 1 is 1.11 bits per heavy atom. The Balaban J connectivity index is 2.00. The number of aromatic nitrogens is 3. The van der Waals surface area contributed by atoms with Crippen molar-refractivity contribution in [3.8, 4) is 0 Å². The molecule has 0 saturated heterocycles. The van der Waals surface area contributed by atoms with E-state index in [9.17, 15) is 0 Å². The zero-order chi connectivity index (χ0) is 13.1. The zero-order valence-corrected chi connectivity index (χ0v) is 12.1. The lowest BCUT2D eigenvalue weighted by Gasteiger charge is -2.14. The Kier molecular flexibility index (Phi) is 4.04. The van der Waals surface area contributed by atoms with Crippen LogP contribution in [0.25, 0.3) is 0 Å². The van der Waals surface area contributed by atoms with Crippen LogP contribution in [0.4, 0.5) is 0 Å². The molecule has 0 aliphatic carbocycles. The van der Waals surface area contributed by atoms with E-state index in [0.29, 0.717) is 0 Å². The molecule has 2 rings (SSSR count). The molecule has 2 aromatic rings. The summed E-state index contributed by atoms with van der Waals surface area (Å²) in [7, 11) is 2.08. The third kappa shape index (κ3) is 3.58. The van der Waals surface area contributed by atoms with Crippen molar-refractivity contribution in [2.24, 2.45) is 0 Å². The average molecular weight is 262 g/mol. The number of nitrogens with zero attached hydrogens (tertiary/aromatic N) is 4. The summed E-state index contributed by atoms with van der Waals surface area (Å²) in [6.45, 7) is 7.77. The van der Waals surface area contributed by atoms with Crippen molar-refractivity contribution in [1.82, 2.24) is 20.1 Å². The second kappa shape index (κ2) is 5.54. The summed E-state index contributed by atoms with van der Waals surface area (Å²) in [6, 6.07) is 4.23. The van der Waals surface area contributed by atoms with E-state index in [4.69, 9.17) is 0 Å². The Morgan fingerprint density at radius 2 is 1.89 bits per heavy atom. The Hall–Kier alpha value is -1.33. The van der Waals surface area contributed by atoms with Crippen molar-refractivity contribution in [3.63, 3.8) is 0 Å². The lowest BCUT2D eigenvalue weighted by Crippen LogP contribution is -2.18. The molecule has 0 spiro atoms. The fourth-order valence-corrected chi connectivity index (χ4v) is 2.76. The van der Waals surface area contributed by atoms with Gasteiger partial charge >= 0.3 is 0 Å². The van der Waals surface area contributed by atoms with Gasteiger partial charge in [-0.05, 0) is 45.5 Å². The highest BCUT2D eigenvalue weighted by molar-refractivity contribution is 7.11. The number of rotatable bonds is 4. The second-order valence-corrected chi connectivity index (χ2v) is 5.93. The van der Waals surface area contributed by atoms with E-state index < -0.39 is 0 Å². The quantitative estimate of drug-likeness (QED) is 0.849. The summed E-state index contributed by atoms with van der Waals surface area (Å²) in [5.74, 6) is 0. The van der Waals surface area contributed by atoms with E-state index in [0.717, 1.165) is 34.5 Å². The minimum Gasteiger partial charge on any atom is -0.294 e. The molecular formula is C13H18N4S. The van der Waals surface area contributed by atoms with Gasteiger partial charge in [0.25, 0.3) is 0 Å². The maximum absolute atomic E-state index is 4.55. The molecule has 0 unspecified atom stereocenters. The third-order valence-corrected chi connectivity index (χ3v) is 3.38. The van der Waals surface area contributed by atoms with Gasteiger partial charge in [0, 0.05) is 12.2 Å². The van der Waals surface area contributed by atoms with Crippen LogP contribution in [0.15, 0.2) is 12.1 Å². The van der Waals surface area contributed by atoms with Gasteiger partial charge < -0.3 is 0 Å². The van der Waals surface area contributed by atoms with E-state index in [1.54, 1.807) is 11.3 Å². The fourth-order valence-electron chi connectivity index (χ4n) is 1.97. The molecule has 0 aliphatic heterocycles. The number of hydrogen-bond donors (Lipinski definition) is 0. The average Bonchev–Trinajstić information content (AvgIpc) is 2.61. The van der Waals surface area contributed by atoms with Crippen molar-refractivity contribution < 1.29 is 0 Å². The van der Waals surface area contributed by atoms with Gasteiger partial charge in [0.1, 0.15) is 10.0 Å². The second-order valence-electron chi connectivity index (χ2n) is 4.66. The number of pyridine rings is 1. The van der Waals surface area contributed by atoms with Gasteiger partial charge in [0.05, 0.1) is 12.2 Å². The smallest absolute Gasteiger partial charge is 0.131 e. The summed E-state index contributed by atoms with van der Waals surface area (Å²) in [4.78, 5) is 6.76. The highest BCUT2D eigenvalue weighted by Crippen LogP contribution is 2.12. The Labute approximate surface area is 112 Å². The highest BCUT2D eigenvalue weighted by Gasteiger charge is 2.07.